The van der Waals surface area contributed by atoms with Gasteiger partial charge in [0.05, 0.1) is 17.7 Å². The number of rotatable bonds is 5. The molecule has 1 spiro atoms. The van der Waals surface area contributed by atoms with Gasteiger partial charge in [0.25, 0.3) is 5.91 Å². The Morgan fingerprint density at radius 1 is 1.42 bits per heavy atom. The number of piperidine rings is 1. The lowest BCUT2D eigenvalue weighted by Crippen LogP contribution is -2.43. The molecular formula is C17H24ClN5O2S. The van der Waals surface area contributed by atoms with E-state index in [4.69, 9.17) is 4.74 Å². The molecule has 2 aromatic heterocycles. The van der Waals surface area contributed by atoms with E-state index in [0.717, 1.165) is 56.8 Å². The molecule has 2 aromatic rings. The average molecular weight is 398 g/mol. The highest BCUT2D eigenvalue weighted by Crippen LogP contribution is 2.44. The number of nitrogens with one attached hydrogen (secondary N) is 2. The minimum atomic E-state index is -0.172. The summed E-state index contributed by atoms with van der Waals surface area (Å²) in [6.07, 6.45) is 7.19. The first-order chi connectivity index (χ1) is 12.3. The van der Waals surface area contributed by atoms with E-state index in [1.807, 2.05) is 6.20 Å². The molecular weight excluding hydrogens is 374 g/mol. The molecule has 142 valence electrons. The van der Waals surface area contributed by atoms with Crippen LogP contribution in [-0.2, 0) is 23.3 Å². The Balaban J connectivity index is 0.00000196. The number of aromatic nitrogens is 3. The van der Waals surface area contributed by atoms with Gasteiger partial charge in [-0.3, -0.25) is 9.48 Å². The Morgan fingerprint density at radius 2 is 2.27 bits per heavy atom. The van der Waals surface area contributed by atoms with Crippen LogP contribution in [0, 0.1) is 0 Å². The Hall–Kier alpha value is -1.48. The number of aryl methyl sites for hydroxylation is 1. The van der Waals surface area contributed by atoms with E-state index in [-0.39, 0.29) is 23.9 Å². The number of ether oxygens (including phenoxy) is 1. The third-order valence-electron chi connectivity index (χ3n) is 4.93. The summed E-state index contributed by atoms with van der Waals surface area (Å²) in [5.74, 6) is 0.0158. The molecule has 4 rings (SSSR count). The van der Waals surface area contributed by atoms with Gasteiger partial charge in [0, 0.05) is 24.2 Å². The topological polar surface area (TPSA) is 81.1 Å². The summed E-state index contributed by atoms with van der Waals surface area (Å²) in [7, 11) is 0. The van der Waals surface area contributed by atoms with Crippen LogP contribution in [0.3, 0.4) is 0 Å². The van der Waals surface area contributed by atoms with Crippen LogP contribution in [0.2, 0.25) is 0 Å². The first-order valence-corrected chi connectivity index (χ1v) is 9.69. The highest BCUT2D eigenvalue weighted by Gasteiger charge is 2.41. The average Bonchev–Trinajstić information content (AvgIpc) is 3.30. The van der Waals surface area contributed by atoms with E-state index < -0.39 is 0 Å². The molecule has 9 heteroatoms. The van der Waals surface area contributed by atoms with Gasteiger partial charge in [0.15, 0.2) is 0 Å². The van der Waals surface area contributed by atoms with Gasteiger partial charge < -0.3 is 15.4 Å². The summed E-state index contributed by atoms with van der Waals surface area (Å²) in [6.45, 7) is 4.09. The molecule has 0 radical (unpaired) electrons. The third-order valence-corrected chi connectivity index (χ3v) is 6.29. The fourth-order valence-corrected chi connectivity index (χ4v) is 4.95. The molecule has 2 aliphatic heterocycles. The molecule has 0 unspecified atom stereocenters. The predicted molar refractivity (Wildman–Crippen MR) is 102 cm³/mol. The van der Waals surface area contributed by atoms with Crippen LogP contribution in [0.4, 0.5) is 0 Å². The van der Waals surface area contributed by atoms with Gasteiger partial charge in [-0.05, 0) is 50.4 Å². The summed E-state index contributed by atoms with van der Waals surface area (Å²) in [5, 5.41) is 14.1. The van der Waals surface area contributed by atoms with E-state index in [2.05, 4.69) is 27.0 Å². The van der Waals surface area contributed by atoms with Crippen molar-refractivity contribution in [3.8, 4) is 0 Å². The van der Waals surface area contributed by atoms with Gasteiger partial charge >= 0.3 is 0 Å². The van der Waals surface area contributed by atoms with Gasteiger partial charge in [0.1, 0.15) is 5.60 Å². The Labute approximate surface area is 162 Å². The number of amides is 1. The number of halogens is 1. The summed E-state index contributed by atoms with van der Waals surface area (Å²) >= 11 is 1.61. The Morgan fingerprint density at radius 3 is 3.04 bits per heavy atom. The molecule has 0 atom stereocenters. The molecule has 1 fully saturated rings. The number of fused-ring (bicyclic) bond motifs is 2. The molecule has 1 amide bonds. The van der Waals surface area contributed by atoms with Crippen molar-refractivity contribution in [3.63, 3.8) is 0 Å². The summed E-state index contributed by atoms with van der Waals surface area (Å²) < 4.78 is 7.96. The van der Waals surface area contributed by atoms with E-state index in [9.17, 15) is 4.79 Å². The SMILES string of the molecule is Cl.O=C(NCCCn1ccnn1)c1cc2c(s1)C1(CCNCC1)OCC2. The maximum absolute atomic E-state index is 12.5. The smallest absolute Gasteiger partial charge is 0.261 e. The minimum Gasteiger partial charge on any atom is -0.369 e. The Bertz CT molecular complexity index is 728. The highest BCUT2D eigenvalue weighted by molar-refractivity contribution is 7.14. The zero-order valence-electron chi connectivity index (χ0n) is 14.6. The first-order valence-electron chi connectivity index (χ1n) is 8.87. The zero-order valence-corrected chi connectivity index (χ0v) is 16.2. The van der Waals surface area contributed by atoms with Crippen molar-refractivity contribution < 1.29 is 9.53 Å². The fraction of sp³-hybridized carbons (Fsp3) is 0.588. The molecule has 2 N–H and O–H groups in total. The predicted octanol–water partition coefficient (Wildman–Crippen LogP) is 1.73. The van der Waals surface area contributed by atoms with E-state index in [1.54, 1.807) is 22.2 Å². The molecule has 1 saturated heterocycles. The van der Waals surface area contributed by atoms with E-state index >= 15 is 0 Å². The number of thiophene rings is 1. The number of carbonyl (C=O) groups excluding carboxylic acids is 1. The normalized spacial score (nSPS) is 18.2. The first kappa shape index (κ1) is 19.3. The van der Waals surface area contributed by atoms with Crippen molar-refractivity contribution in [2.75, 3.05) is 26.2 Å². The maximum Gasteiger partial charge on any atom is 0.261 e. The zero-order chi connectivity index (χ0) is 17.1. The quantitative estimate of drug-likeness (QED) is 0.751. The Kier molecular flexibility index (Phi) is 6.29. The molecule has 0 saturated carbocycles. The van der Waals surface area contributed by atoms with Crippen LogP contribution in [0.25, 0.3) is 0 Å². The number of hydrogen-bond donors (Lipinski definition) is 2. The second-order valence-electron chi connectivity index (χ2n) is 6.58. The molecule has 0 aliphatic carbocycles. The summed E-state index contributed by atoms with van der Waals surface area (Å²) in [6, 6.07) is 2.07. The second-order valence-corrected chi connectivity index (χ2v) is 7.64. The highest BCUT2D eigenvalue weighted by atomic mass is 35.5. The fourth-order valence-electron chi connectivity index (χ4n) is 3.62. The monoisotopic (exact) mass is 397 g/mol. The largest absolute Gasteiger partial charge is 0.369 e. The van der Waals surface area contributed by atoms with Crippen LogP contribution < -0.4 is 10.6 Å². The van der Waals surface area contributed by atoms with Crippen molar-refractivity contribution >= 4 is 29.7 Å². The second kappa shape index (κ2) is 8.47. The minimum absolute atomic E-state index is 0. The maximum atomic E-state index is 12.5. The molecule has 26 heavy (non-hydrogen) atoms. The van der Waals surface area contributed by atoms with E-state index in [0.29, 0.717) is 6.54 Å². The third kappa shape index (κ3) is 3.93. The van der Waals surface area contributed by atoms with Crippen LogP contribution in [0.5, 0.6) is 0 Å². The van der Waals surface area contributed by atoms with Gasteiger partial charge in [0.2, 0.25) is 0 Å². The molecule has 2 aliphatic rings. The summed E-state index contributed by atoms with van der Waals surface area (Å²) in [4.78, 5) is 14.6. The van der Waals surface area contributed by atoms with Crippen molar-refractivity contribution in [1.29, 1.82) is 0 Å². The summed E-state index contributed by atoms with van der Waals surface area (Å²) in [5.41, 5.74) is 1.13. The van der Waals surface area contributed by atoms with E-state index in [1.165, 1.54) is 10.4 Å². The van der Waals surface area contributed by atoms with Crippen LogP contribution in [0.15, 0.2) is 18.5 Å². The molecule has 0 aromatic carbocycles. The molecule has 0 bridgehead atoms. The van der Waals surface area contributed by atoms with Crippen molar-refractivity contribution in [2.45, 2.75) is 37.8 Å². The van der Waals surface area contributed by atoms with Gasteiger partial charge in [-0.15, -0.1) is 28.8 Å². The molecule has 7 nitrogen and oxygen atoms in total. The van der Waals surface area contributed by atoms with Gasteiger partial charge in [-0.2, -0.15) is 0 Å². The van der Waals surface area contributed by atoms with Crippen LogP contribution in [-0.4, -0.2) is 47.1 Å². The number of carbonyl (C=O) groups is 1. The lowest BCUT2D eigenvalue weighted by Gasteiger charge is -2.40. The lowest BCUT2D eigenvalue weighted by atomic mass is 9.86. The van der Waals surface area contributed by atoms with Gasteiger partial charge in [-0.25, -0.2) is 0 Å². The number of hydrogen-bond acceptors (Lipinski definition) is 6. The molecule has 4 heterocycles. The van der Waals surface area contributed by atoms with Crippen molar-refractivity contribution in [3.05, 3.63) is 33.8 Å². The number of nitrogens with zero attached hydrogens (tertiary/aromatic N) is 3. The lowest BCUT2D eigenvalue weighted by molar-refractivity contribution is -0.0771. The standard InChI is InChI=1S/C17H23N5O2S.ClH/c23-16(19-5-1-9-22-10-8-20-21-22)14-12-13-2-11-24-17(15(13)25-14)3-6-18-7-4-17;/h8,10,12,18H,1-7,9,11H2,(H,19,23);1H. The van der Waals surface area contributed by atoms with Crippen molar-refractivity contribution in [1.82, 2.24) is 25.6 Å². The van der Waals surface area contributed by atoms with Crippen LogP contribution in [0.1, 0.15) is 39.4 Å². The van der Waals surface area contributed by atoms with Crippen LogP contribution >= 0.6 is 23.7 Å². The van der Waals surface area contributed by atoms with Crippen molar-refractivity contribution in [2.24, 2.45) is 0 Å². The van der Waals surface area contributed by atoms with Gasteiger partial charge in [-0.1, -0.05) is 5.21 Å².